The van der Waals surface area contributed by atoms with Gasteiger partial charge >= 0.3 is 0 Å². The summed E-state index contributed by atoms with van der Waals surface area (Å²) in [5.41, 5.74) is 8.70. The van der Waals surface area contributed by atoms with Gasteiger partial charge in [0, 0.05) is 25.0 Å². The van der Waals surface area contributed by atoms with Crippen molar-refractivity contribution in [1.82, 2.24) is 9.47 Å². The van der Waals surface area contributed by atoms with Gasteiger partial charge in [0.15, 0.2) is 0 Å². The van der Waals surface area contributed by atoms with Crippen molar-refractivity contribution in [1.29, 1.82) is 0 Å². The first-order valence-corrected chi connectivity index (χ1v) is 7.56. The Bertz CT molecular complexity index is 543. The Morgan fingerprint density at radius 2 is 1.81 bits per heavy atom. The van der Waals surface area contributed by atoms with Crippen molar-refractivity contribution in [3.8, 4) is 5.69 Å². The molecule has 114 valence electrons. The molecular formula is C17H25N3O. The number of likely N-dealkylation sites (N-methyl/N-ethyl adjacent to an activating group) is 1. The Balaban J connectivity index is 2.20. The van der Waals surface area contributed by atoms with E-state index in [1.807, 2.05) is 47.2 Å². The van der Waals surface area contributed by atoms with Crippen LogP contribution in [0.3, 0.4) is 0 Å². The molecule has 1 aromatic carbocycles. The molecule has 2 aromatic rings. The number of rotatable bonds is 7. The van der Waals surface area contributed by atoms with E-state index in [0.717, 1.165) is 30.0 Å². The van der Waals surface area contributed by atoms with E-state index in [2.05, 4.69) is 18.7 Å². The van der Waals surface area contributed by atoms with Gasteiger partial charge in [0.1, 0.15) is 6.10 Å². The molecule has 0 amide bonds. The molecule has 0 unspecified atom stereocenters. The third-order valence-electron chi connectivity index (χ3n) is 3.90. The van der Waals surface area contributed by atoms with E-state index >= 15 is 0 Å². The van der Waals surface area contributed by atoms with E-state index in [9.17, 15) is 5.11 Å². The molecule has 4 nitrogen and oxygen atoms in total. The van der Waals surface area contributed by atoms with Gasteiger partial charge in [-0.15, -0.1) is 0 Å². The summed E-state index contributed by atoms with van der Waals surface area (Å²) in [6.45, 7) is 7.31. The number of hydrogen-bond donors (Lipinski definition) is 2. The minimum atomic E-state index is -0.492. The minimum Gasteiger partial charge on any atom is -0.386 e. The molecule has 1 heterocycles. The molecule has 1 atom stereocenters. The van der Waals surface area contributed by atoms with Crippen molar-refractivity contribution in [2.75, 3.05) is 19.6 Å². The number of benzene rings is 1. The summed E-state index contributed by atoms with van der Waals surface area (Å²) < 4.78 is 2.04. The van der Waals surface area contributed by atoms with Crippen LogP contribution in [-0.2, 0) is 6.54 Å². The smallest absolute Gasteiger partial charge is 0.107 e. The Morgan fingerprint density at radius 3 is 2.38 bits per heavy atom. The summed E-state index contributed by atoms with van der Waals surface area (Å²) in [4.78, 5) is 2.22. The molecular weight excluding hydrogens is 262 g/mol. The zero-order valence-corrected chi connectivity index (χ0v) is 12.9. The average molecular weight is 287 g/mol. The molecule has 1 aromatic heterocycles. The van der Waals surface area contributed by atoms with Crippen molar-refractivity contribution < 1.29 is 5.11 Å². The third-order valence-corrected chi connectivity index (χ3v) is 3.90. The maximum Gasteiger partial charge on any atom is 0.107 e. The standard InChI is InChI=1S/C17H25N3O/c1-3-19(4-2)13-17(21)16-6-5-11-20(16)15-9-7-14(12-18)8-10-15/h5-11,17,21H,3-4,12-13,18H2,1-2H3/t17-/m1/s1. The molecule has 21 heavy (non-hydrogen) atoms. The van der Waals surface area contributed by atoms with E-state index in [4.69, 9.17) is 5.73 Å². The van der Waals surface area contributed by atoms with E-state index in [1.54, 1.807) is 0 Å². The van der Waals surface area contributed by atoms with E-state index < -0.39 is 6.10 Å². The van der Waals surface area contributed by atoms with Crippen LogP contribution >= 0.6 is 0 Å². The quantitative estimate of drug-likeness (QED) is 0.821. The van der Waals surface area contributed by atoms with Gasteiger partial charge in [0.25, 0.3) is 0 Å². The van der Waals surface area contributed by atoms with Gasteiger partial charge in [-0.2, -0.15) is 0 Å². The van der Waals surface area contributed by atoms with E-state index in [0.29, 0.717) is 13.1 Å². The van der Waals surface area contributed by atoms with Crippen LogP contribution in [0.5, 0.6) is 0 Å². The van der Waals surface area contributed by atoms with Crippen molar-refractivity contribution in [3.63, 3.8) is 0 Å². The molecule has 0 aliphatic rings. The maximum atomic E-state index is 10.5. The summed E-state index contributed by atoms with van der Waals surface area (Å²) in [5, 5.41) is 10.5. The van der Waals surface area contributed by atoms with Crippen molar-refractivity contribution in [2.24, 2.45) is 5.73 Å². The zero-order valence-electron chi connectivity index (χ0n) is 12.9. The number of aliphatic hydroxyl groups excluding tert-OH is 1. The first-order valence-electron chi connectivity index (χ1n) is 7.56. The van der Waals surface area contributed by atoms with Crippen LogP contribution in [-0.4, -0.2) is 34.2 Å². The van der Waals surface area contributed by atoms with Crippen LogP contribution in [0.25, 0.3) is 5.69 Å². The highest BCUT2D eigenvalue weighted by Gasteiger charge is 2.15. The lowest BCUT2D eigenvalue weighted by Crippen LogP contribution is -2.29. The van der Waals surface area contributed by atoms with Gasteiger partial charge in [-0.3, -0.25) is 0 Å². The Kier molecular flexibility index (Phi) is 5.56. The van der Waals surface area contributed by atoms with E-state index in [-0.39, 0.29) is 0 Å². The number of aromatic nitrogens is 1. The predicted molar refractivity (Wildman–Crippen MR) is 86.4 cm³/mol. The third kappa shape index (κ3) is 3.73. The van der Waals surface area contributed by atoms with Crippen LogP contribution in [0, 0.1) is 0 Å². The number of hydrogen-bond acceptors (Lipinski definition) is 3. The van der Waals surface area contributed by atoms with Crippen molar-refractivity contribution in [2.45, 2.75) is 26.5 Å². The minimum absolute atomic E-state index is 0.492. The van der Waals surface area contributed by atoms with Crippen LogP contribution in [0.4, 0.5) is 0 Å². The lowest BCUT2D eigenvalue weighted by atomic mass is 10.2. The number of nitrogens with two attached hydrogens (primary N) is 1. The molecule has 0 bridgehead atoms. The van der Waals surface area contributed by atoms with Crippen LogP contribution in [0.15, 0.2) is 42.6 Å². The summed E-state index contributed by atoms with van der Waals surface area (Å²) >= 11 is 0. The molecule has 0 aliphatic heterocycles. The van der Waals surface area contributed by atoms with Gasteiger partial charge in [0.05, 0.1) is 5.69 Å². The second kappa shape index (κ2) is 7.41. The van der Waals surface area contributed by atoms with E-state index in [1.165, 1.54) is 0 Å². The molecule has 0 radical (unpaired) electrons. The summed E-state index contributed by atoms with van der Waals surface area (Å²) in [6.07, 6.45) is 1.49. The summed E-state index contributed by atoms with van der Waals surface area (Å²) in [5.74, 6) is 0. The van der Waals surface area contributed by atoms with Crippen molar-refractivity contribution >= 4 is 0 Å². The molecule has 0 spiro atoms. The fraction of sp³-hybridized carbons (Fsp3) is 0.412. The first kappa shape index (κ1) is 15.8. The molecule has 3 N–H and O–H groups in total. The first-order chi connectivity index (χ1) is 10.2. The second-order valence-electron chi connectivity index (χ2n) is 5.18. The fourth-order valence-electron chi connectivity index (χ4n) is 2.51. The molecule has 0 fully saturated rings. The van der Waals surface area contributed by atoms with Gasteiger partial charge in [-0.05, 0) is 42.9 Å². The lowest BCUT2D eigenvalue weighted by Gasteiger charge is -2.23. The molecule has 0 saturated heterocycles. The Morgan fingerprint density at radius 1 is 1.14 bits per heavy atom. The highest BCUT2D eigenvalue weighted by molar-refractivity contribution is 5.37. The Hall–Kier alpha value is -1.62. The van der Waals surface area contributed by atoms with Crippen LogP contribution in [0.1, 0.15) is 31.2 Å². The normalized spacial score (nSPS) is 12.8. The maximum absolute atomic E-state index is 10.5. The molecule has 0 aliphatic carbocycles. The largest absolute Gasteiger partial charge is 0.386 e. The SMILES string of the molecule is CCN(CC)C[C@@H](O)c1cccn1-c1ccc(CN)cc1. The molecule has 0 saturated carbocycles. The average Bonchev–Trinajstić information content (AvgIpc) is 3.02. The topological polar surface area (TPSA) is 54.4 Å². The Labute approximate surface area is 126 Å². The lowest BCUT2D eigenvalue weighted by molar-refractivity contribution is 0.114. The number of aliphatic hydroxyl groups is 1. The number of nitrogens with zero attached hydrogens (tertiary/aromatic N) is 2. The summed E-state index contributed by atoms with van der Waals surface area (Å²) in [6, 6.07) is 12.1. The summed E-state index contributed by atoms with van der Waals surface area (Å²) in [7, 11) is 0. The predicted octanol–water partition coefficient (Wildman–Crippen LogP) is 2.31. The van der Waals surface area contributed by atoms with Crippen LogP contribution in [0.2, 0.25) is 0 Å². The zero-order chi connectivity index (χ0) is 15.2. The van der Waals surface area contributed by atoms with Crippen molar-refractivity contribution in [3.05, 3.63) is 53.9 Å². The van der Waals surface area contributed by atoms with Gasteiger partial charge in [-0.1, -0.05) is 26.0 Å². The highest BCUT2D eigenvalue weighted by Crippen LogP contribution is 2.20. The fourth-order valence-corrected chi connectivity index (χ4v) is 2.51. The molecule has 4 heteroatoms. The molecule has 2 rings (SSSR count). The van der Waals surface area contributed by atoms with Gasteiger partial charge < -0.3 is 20.3 Å². The highest BCUT2D eigenvalue weighted by atomic mass is 16.3. The van der Waals surface area contributed by atoms with Crippen LogP contribution < -0.4 is 5.73 Å². The monoisotopic (exact) mass is 287 g/mol. The van der Waals surface area contributed by atoms with Gasteiger partial charge in [0.2, 0.25) is 0 Å². The van der Waals surface area contributed by atoms with Gasteiger partial charge in [-0.25, -0.2) is 0 Å². The second-order valence-corrected chi connectivity index (χ2v) is 5.18.